The number of nitrogens with one attached hydrogen (secondary N) is 2. The molecule has 8 heteroatoms. The van der Waals surface area contributed by atoms with Crippen LogP contribution in [0.15, 0.2) is 65.3 Å². The molecule has 4 aromatic rings. The number of anilines is 2. The lowest BCUT2D eigenvalue weighted by molar-refractivity contribution is -0.118. The molecule has 2 amide bonds. The van der Waals surface area contributed by atoms with E-state index in [-0.39, 0.29) is 29.6 Å². The van der Waals surface area contributed by atoms with Gasteiger partial charge in [0.2, 0.25) is 0 Å². The highest BCUT2D eigenvalue weighted by molar-refractivity contribution is 7.22. The molecular formula is C24H23N3O4S. The summed E-state index contributed by atoms with van der Waals surface area (Å²) in [6, 6.07) is 16.3. The van der Waals surface area contributed by atoms with E-state index in [1.165, 1.54) is 23.2 Å². The van der Waals surface area contributed by atoms with Gasteiger partial charge >= 0.3 is 0 Å². The number of furan rings is 1. The summed E-state index contributed by atoms with van der Waals surface area (Å²) < 4.78 is 11.5. The molecule has 0 fully saturated rings. The predicted molar refractivity (Wildman–Crippen MR) is 126 cm³/mol. The van der Waals surface area contributed by atoms with Crippen molar-refractivity contribution in [2.75, 3.05) is 17.2 Å². The van der Waals surface area contributed by atoms with Gasteiger partial charge in [-0.25, -0.2) is 4.98 Å². The second kappa shape index (κ2) is 8.84. The number of aromatic nitrogens is 1. The molecule has 0 unspecified atom stereocenters. The average Bonchev–Trinajstić information content (AvgIpc) is 3.41. The highest BCUT2D eigenvalue weighted by atomic mass is 32.1. The Bertz CT molecular complexity index is 1240. The van der Waals surface area contributed by atoms with Crippen LogP contribution < -0.4 is 15.4 Å². The van der Waals surface area contributed by atoms with Gasteiger partial charge < -0.3 is 14.5 Å². The van der Waals surface area contributed by atoms with Gasteiger partial charge in [-0.15, -0.1) is 0 Å². The van der Waals surface area contributed by atoms with Crippen LogP contribution in [0.5, 0.6) is 5.75 Å². The quantitative estimate of drug-likeness (QED) is 0.408. The van der Waals surface area contributed by atoms with E-state index < -0.39 is 0 Å². The minimum atomic E-state index is -0.365. The Labute approximate surface area is 189 Å². The Morgan fingerprint density at radius 3 is 2.53 bits per heavy atom. The molecule has 0 aliphatic carbocycles. The summed E-state index contributed by atoms with van der Waals surface area (Å²) in [4.78, 5) is 28.8. The van der Waals surface area contributed by atoms with Gasteiger partial charge in [0.05, 0.1) is 16.5 Å². The molecule has 164 valence electrons. The monoisotopic (exact) mass is 449 g/mol. The first kappa shape index (κ1) is 21.6. The molecule has 2 aromatic carbocycles. The van der Waals surface area contributed by atoms with Gasteiger partial charge in [-0.05, 0) is 53.4 Å². The van der Waals surface area contributed by atoms with Crippen molar-refractivity contribution < 1.29 is 18.7 Å². The van der Waals surface area contributed by atoms with E-state index in [2.05, 4.69) is 36.4 Å². The zero-order valence-electron chi connectivity index (χ0n) is 18.0. The summed E-state index contributed by atoms with van der Waals surface area (Å²) in [6.45, 7) is 6.34. The molecule has 0 saturated heterocycles. The van der Waals surface area contributed by atoms with Crippen molar-refractivity contribution in [3.05, 3.63) is 72.2 Å². The molecule has 0 radical (unpaired) electrons. The molecule has 2 N–H and O–H groups in total. The zero-order chi connectivity index (χ0) is 22.7. The maximum absolute atomic E-state index is 12.3. The highest BCUT2D eigenvalue weighted by Gasteiger charge is 2.14. The summed E-state index contributed by atoms with van der Waals surface area (Å²) in [6.07, 6.45) is 1.44. The fourth-order valence-electron chi connectivity index (χ4n) is 3.02. The van der Waals surface area contributed by atoms with Crippen molar-refractivity contribution in [2.24, 2.45) is 0 Å². The van der Waals surface area contributed by atoms with Gasteiger partial charge in [0, 0.05) is 5.69 Å². The van der Waals surface area contributed by atoms with Crippen LogP contribution in [0.25, 0.3) is 10.2 Å². The van der Waals surface area contributed by atoms with Crippen molar-refractivity contribution in [3.63, 3.8) is 0 Å². The summed E-state index contributed by atoms with van der Waals surface area (Å²) in [7, 11) is 0. The van der Waals surface area contributed by atoms with E-state index in [1.54, 1.807) is 24.3 Å². The largest absolute Gasteiger partial charge is 0.484 e. The van der Waals surface area contributed by atoms with Crippen molar-refractivity contribution in [1.82, 2.24) is 4.98 Å². The molecule has 4 rings (SSSR count). The van der Waals surface area contributed by atoms with Crippen molar-refractivity contribution >= 4 is 44.2 Å². The van der Waals surface area contributed by atoms with Crippen LogP contribution in [0.1, 0.15) is 36.9 Å². The van der Waals surface area contributed by atoms with E-state index >= 15 is 0 Å². The third-order valence-corrected chi connectivity index (χ3v) is 5.66. The van der Waals surface area contributed by atoms with Crippen LogP contribution in [0.3, 0.4) is 0 Å². The molecule has 2 heterocycles. The summed E-state index contributed by atoms with van der Waals surface area (Å²) in [5.41, 5.74) is 2.61. The third kappa shape index (κ3) is 5.15. The van der Waals surface area contributed by atoms with Crippen LogP contribution >= 0.6 is 11.3 Å². The van der Waals surface area contributed by atoms with Crippen LogP contribution in [0.2, 0.25) is 0 Å². The molecule has 7 nitrogen and oxygen atoms in total. The van der Waals surface area contributed by atoms with Gasteiger partial charge in [-0.3, -0.25) is 14.9 Å². The number of thiazole rings is 1. The summed E-state index contributed by atoms with van der Waals surface area (Å²) in [5, 5.41) is 5.99. The number of rotatable bonds is 6. The second-order valence-corrected chi connectivity index (χ2v) is 9.27. The number of benzene rings is 2. The van der Waals surface area contributed by atoms with E-state index in [0.717, 1.165) is 10.2 Å². The zero-order valence-corrected chi connectivity index (χ0v) is 18.8. The summed E-state index contributed by atoms with van der Waals surface area (Å²) >= 11 is 1.31. The Kier molecular flexibility index (Phi) is 5.96. The van der Waals surface area contributed by atoms with Gasteiger partial charge in [0.1, 0.15) is 5.75 Å². The number of fused-ring (bicyclic) bond motifs is 1. The van der Waals surface area contributed by atoms with Gasteiger partial charge in [-0.2, -0.15) is 0 Å². The van der Waals surface area contributed by atoms with Crippen molar-refractivity contribution in [2.45, 2.75) is 26.2 Å². The molecule has 0 saturated carbocycles. The molecule has 0 atom stereocenters. The normalized spacial score (nSPS) is 11.3. The van der Waals surface area contributed by atoms with Gasteiger partial charge in [0.25, 0.3) is 11.8 Å². The molecule has 0 aliphatic rings. The fraction of sp³-hybridized carbons (Fsp3) is 0.208. The molecule has 2 aromatic heterocycles. The average molecular weight is 450 g/mol. The standard InChI is InChI=1S/C24H23N3O4S/c1-24(2,3)15-6-9-17(10-7-15)31-14-21(28)25-16-8-11-18-20(13-16)32-23(26-18)27-22(29)19-5-4-12-30-19/h4-13H,14H2,1-3H3,(H,25,28)(H,26,27,29). The van der Waals surface area contributed by atoms with Crippen molar-refractivity contribution in [1.29, 1.82) is 0 Å². The number of amides is 2. The van der Waals surface area contributed by atoms with Crippen LogP contribution in [0.4, 0.5) is 10.8 Å². The minimum Gasteiger partial charge on any atom is -0.484 e. The SMILES string of the molecule is CC(C)(C)c1ccc(OCC(=O)Nc2ccc3nc(NC(=O)c4ccco4)sc3c2)cc1. The van der Waals surface area contributed by atoms with Gasteiger partial charge in [-0.1, -0.05) is 44.2 Å². The van der Waals surface area contributed by atoms with E-state index in [1.807, 2.05) is 30.3 Å². The lowest BCUT2D eigenvalue weighted by Crippen LogP contribution is -2.20. The molecule has 0 spiro atoms. The topological polar surface area (TPSA) is 93.5 Å². The van der Waals surface area contributed by atoms with E-state index in [0.29, 0.717) is 16.6 Å². The van der Waals surface area contributed by atoms with E-state index in [4.69, 9.17) is 9.15 Å². The third-order valence-electron chi connectivity index (χ3n) is 4.73. The lowest BCUT2D eigenvalue weighted by Gasteiger charge is -2.19. The van der Waals surface area contributed by atoms with E-state index in [9.17, 15) is 9.59 Å². The maximum Gasteiger partial charge on any atom is 0.293 e. The molecule has 0 aliphatic heterocycles. The summed E-state index contributed by atoms with van der Waals surface area (Å²) in [5.74, 6) is 0.226. The number of ether oxygens (including phenoxy) is 1. The van der Waals surface area contributed by atoms with Crippen LogP contribution in [-0.4, -0.2) is 23.4 Å². The second-order valence-electron chi connectivity index (χ2n) is 8.24. The number of carbonyl (C=O) groups is 2. The van der Waals surface area contributed by atoms with Gasteiger partial charge in [0.15, 0.2) is 17.5 Å². The Morgan fingerprint density at radius 2 is 1.84 bits per heavy atom. The number of hydrogen-bond acceptors (Lipinski definition) is 6. The Balaban J connectivity index is 1.35. The maximum atomic E-state index is 12.3. The minimum absolute atomic E-state index is 0.0621. The smallest absolute Gasteiger partial charge is 0.293 e. The van der Waals surface area contributed by atoms with Crippen LogP contribution in [-0.2, 0) is 10.2 Å². The van der Waals surface area contributed by atoms with Crippen LogP contribution in [0, 0.1) is 0 Å². The first-order chi connectivity index (χ1) is 15.3. The Hall–Kier alpha value is -3.65. The number of hydrogen-bond donors (Lipinski definition) is 2. The number of nitrogens with zero attached hydrogens (tertiary/aromatic N) is 1. The molecular weight excluding hydrogens is 426 g/mol. The first-order valence-corrected chi connectivity index (χ1v) is 10.9. The van der Waals surface area contributed by atoms with Crippen molar-refractivity contribution in [3.8, 4) is 5.75 Å². The molecule has 32 heavy (non-hydrogen) atoms. The first-order valence-electron chi connectivity index (χ1n) is 10.1. The lowest BCUT2D eigenvalue weighted by atomic mass is 9.87. The Morgan fingerprint density at radius 1 is 1.06 bits per heavy atom. The molecule has 0 bridgehead atoms. The highest BCUT2D eigenvalue weighted by Crippen LogP contribution is 2.29. The number of carbonyl (C=O) groups excluding carboxylic acids is 2. The fourth-order valence-corrected chi connectivity index (χ4v) is 3.92. The predicted octanol–water partition coefficient (Wildman–Crippen LogP) is 5.46.